The fourth-order valence-corrected chi connectivity index (χ4v) is 5.57. The van der Waals surface area contributed by atoms with E-state index in [9.17, 15) is 22.8 Å². The first-order valence-corrected chi connectivity index (χ1v) is 12.8. The average molecular weight is 487 g/mol. The number of carbonyl (C=O) groups excluding carboxylic acids is 3. The topological polar surface area (TPSA) is 101 Å². The molecular formula is C25H30N2O6S. The van der Waals surface area contributed by atoms with Gasteiger partial charge in [0.2, 0.25) is 10.0 Å². The van der Waals surface area contributed by atoms with Crippen molar-refractivity contribution in [3.05, 3.63) is 65.7 Å². The number of sulfonamides is 1. The lowest BCUT2D eigenvalue weighted by molar-refractivity contribution is -0.156. The monoisotopic (exact) mass is 486 g/mol. The Morgan fingerprint density at radius 1 is 1.03 bits per heavy atom. The van der Waals surface area contributed by atoms with Crippen LogP contribution in [0.1, 0.15) is 49.0 Å². The van der Waals surface area contributed by atoms with Crippen LogP contribution >= 0.6 is 0 Å². The molecule has 9 heteroatoms. The standard InChI is InChI=1S/C25H30N2O6S/c1-3-26(17-20-9-5-4-6-10-20)24(29)18-33-25(30)23-11-7-8-16-27(23)34(31,32)22-14-12-21(13-15-22)19(2)28/h4-6,9-10,12-15,23H,3,7-8,11,16-18H2,1-2H3. The van der Waals surface area contributed by atoms with E-state index in [1.165, 1.54) is 31.2 Å². The number of ketones is 1. The molecule has 0 aliphatic carbocycles. The van der Waals surface area contributed by atoms with Gasteiger partial charge in [0.1, 0.15) is 6.04 Å². The van der Waals surface area contributed by atoms with E-state index in [0.29, 0.717) is 37.9 Å². The summed E-state index contributed by atoms with van der Waals surface area (Å²) >= 11 is 0. The summed E-state index contributed by atoms with van der Waals surface area (Å²) in [5.41, 5.74) is 1.37. The highest BCUT2D eigenvalue weighted by molar-refractivity contribution is 7.89. The molecule has 0 aromatic heterocycles. The Kier molecular flexibility index (Phi) is 8.57. The summed E-state index contributed by atoms with van der Waals surface area (Å²) in [4.78, 5) is 38.6. The number of benzene rings is 2. The fourth-order valence-electron chi connectivity index (χ4n) is 3.93. The zero-order chi connectivity index (χ0) is 24.7. The fraction of sp³-hybridized carbons (Fsp3) is 0.400. The first-order valence-electron chi connectivity index (χ1n) is 11.3. The van der Waals surface area contributed by atoms with Gasteiger partial charge in [-0.2, -0.15) is 4.31 Å². The van der Waals surface area contributed by atoms with Crippen molar-refractivity contribution in [3.8, 4) is 0 Å². The molecule has 1 fully saturated rings. The van der Waals surface area contributed by atoms with Crippen LogP contribution in [0.3, 0.4) is 0 Å². The summed E-state index contributed by atoms with van der Waals surface area (Å²) in [5, 5.41) is 0. The van der Waals surface area contributed by atoms with Crippen LogP contribution in [0.2, 0.25) is 0 Å². The van der Waals surface area contributed by atoms with Crippen LogP contribution in [-0.4, -0.2) is 61.0 Å². The Bertz CT molecular complexity index is 1120. The molecule has 1 unspecified atom stereocenters. The van der Waals surface area contributed by atoms with Crippen molar-refractivity contribution in [3.63, 3.8) is 0 Å². The Morgan fingerprint density at radius 3 is 2.32 bits per heavy atom. The molecule has 1 aliphatic rings. The number of Topliss-reactive ketones (excluding diaryl/α,β-unsaturated/α-hetero) is 1. The van der Waals surface area contributed by atoms with E-state index >= 15 is 0 Å². The Morgan fingerprint density at radius 2 is 1.71 bits per heavy atom. The van der Waals surface area contributed by atoms with Gasteiger partial charge < -0.3 is 9.64 Å². The molecule has 3 rings (SSSR count). The number of hydrogen-bond acceptors (Lipinski definition) is 6. The molecule has 1 aliphatic heterocycles. The summed E-state index contributed by atoms with van der Waals surface area (Å²) < 4.78 is 32.9. The number of nitrogens with zero attached hydrogens (tertiary/aromatic N) is 2. The maximum Gasteiger partial charge on any atom is 0.324 e. The molecule has 2 aromatic carbocycles. The zero-order valence-corrected chi connectivity index (χ0v) is 20.3. The average Bonchev–Trinajstić information content (AvgIpc) is 2.86. The van der Waals surface area contributed by atoms with Gasteiger partial charge in [-0.25, -0.2) is 8.42 Å². The second kappa shape index (κ2) is 11.4. The highest BCUT2D eigenvalue weighted by Gasteiger charge is 2.39. The zero-order valence-electron chi connectivity index (χ0n) is 19.5. The van der Waals surface area contributed by atoms with Crippen molar-refractivity contribution < 1.29 is 27.5 Å². The number of carbonyl (C=O) groups is 3. The van der Waals surface area contributed by atoms with Crippen molar-refractivity contribution in [1.29, 1.82) is 0 Å². The van der Waals surface area contributed by atoms with Crippen LogP contribution in [0.4, 0.5) is 0 Å². The molecule has 0 N–H and O–H groups in total. The molecule has 0 spiro atoms. The van der Waals surface area contributed by atoms with E-state index < -0.39 is 28.6 Å². The lowest BCUT2D eigenvalue weighted by atomic mass is 10.1. The number of esters is 1. The van der Waals surface area contributed by atoms with Crippen LogP contribution in [0, 0.1) is 0 Å². The van der Waals surface area contributed by atoms with Crippen molar-refractivity contribution in [2.45, 2.75) is 50.6 Å². The smallest absolute Gasteiger partial charge is 0.324 e. The molecule has 1 atom stereocenters. The third-order valence-electron chi connectivity index (χ3n) is 5.88. The van der Waals surface area contributed by atoms with Gasteiger partial charge in [0, 0.05) is 25.2 Å². The maximum atomic E-state index is 13.2. The molecule has 1 amide bonds. The number of hydrogen-bond donors (Lipinski definition) is 0. The van der Waals surface area contributed by atoms with E-state index in [0.717, 1.165) is 9.87 Å². The first kappa shape index (κ1) is 25.6. The Hall–Kier alpha value is -3.04. The summed E-state index contributed by atoms with van der Waals surface area (Å²) in [5.74, 6) is -1.24. The van der Waals surface area contributed by atoms with E-state index in [1.54, 1.807) is 4.90 Å². The van der Waals surface area contributed by atoms with E-state index in [-0.39, 0.29) is 23.1 Å². The van der Waals surface area contributed by atoms with Crippen molar-refractivity contribution in [2.75, 3.05) is 19.7 Å². The number of amides is 1. The SMILES string of the molecule is CCN(Cc1ccccc1)C(=O)COC(=O)C1CCCCN1S(=O)(=O)c1ccc(C(C)=O)cc1. The highest BCUT2D eigenvalue weighted by Crippen LogP contribution is 2.26. The normalized spacial score (nSPS) is 16.6. The second-order valence-corrected chi connectivity index (χ2v) is 10.1. The van der Waals surface area contributed by atoms with Crippen LogP contribution in [0.25, 0.3) is 0 Å². The number of rotatable bonds is 9. The van der Waals surface area contributed by atoms with E-state index in [1.807, 2.05) is 37.3 Å². The predicted octanol–water partition coefficient (Wildman–Crippen LogP) is 3.02. The van der Waals surface area contributed by atoms with E-state index in [2.05, 4.69) is 0 Å². The van der Waals surface area contributed by atoms with Crippen LogP contribution in [-0.2, 0) is 30.9 Å². The van der Waals surface area contributed by atoms with Gasteiger partial charge in [-0.05, 0) is 50.8 Å². The van der Waals surface area contributed by atoms with Gasteiger partial charge in [0.05, 0.1) is 4.90 Å². The minimum atomic E-state index is -3.97. The molecule has 34 heavy (non-hydrogen) atoms. The summed E-state index contributed by atoms with van der Waals surface area (Å²) in [7, 11) is -3.97. The van der Waals surface area contributed by atoms with Gasteiger partial charge >= 0.3 is 5.97 Å². The molecule has 0 bridgehead atoms. The third kappa shape index (κ3) is 6.09. The molecular weight excluding hydrogens is 456 g/mol. The van der Waals surface area contributed by atoms with Crippen molar-refractivity contribution in [1.82, 2.24) is 9.21 Å². The maximum absolute atomic E-state index is 13.2. The lowest BCUT2D eigenvalue weighted by Crippen LogP contribution is -2.49. The Balaban J connectivity index is 1.67. The van der Waals surface area contributed by atoms with Gasteiger partial charge in [0.15, 0.2) is 12.4 Å². The second-order valence-electron chi connectivity index (χ2n) is 8.21. The molecule has 1 heterocycles. The Labute approximate surface area is 200 Å². The largest absolute Gasteiger partial charge is 0.454 e. The first-order chi connectivity index (χ1) is 16.2. The van der Waals surface area contributed by atoms with Gasteiger partial charge in [0.25, 0.3) is 5.91 Å². The summed E-state index contributed by atoms with van der Waals surface area (Å²) in [6, 6.07) is 14.2. The summed E-state index contributed by atoms with van der Waals surface area (Å²) in [6.07, 6.45) is 1.62. The van der Waals surface area contributed by atoms with Gasteiger partial charge in [-0.15, -0.1) is 0 Å². The molecule has 8 nitrogen and oxygen atoms in total. The highest BCUT2D eigenvalue weighted by atomic mass is 32.2. The molecule has 0 saturated carbocycles. The quantitative estimate of drug-likeness (QED) is 0.399. The minimum Gasteiger partial charge on any atom is -0.454 e. The van der Waals surface area contributed by atoms with Crippen molar-refractivity contribution in [2.24, 2.45) is 0 Å². The molecule has 2 aromatic rings. The van der Waals surface area contributed by atoms with Crippen LogP contribution in [0.15, 0.2) is 59.5 Å². The lowest BCUT2D eigenvalue weighted by Gasteiger charge is -2.33. The number of piperidine rings is 1. The van der Waals surface area contributed by atoms with Gasteiger partial charge in [-0.1, -0.05) is 42.5 Å². The number of likely N-dealkylation sites (N-methyl/N-ethyl adjacent to an activating group) is 1. The summed E-state index contributed by atoms with van der Waals surface area (Å²) in [6.45, 7) is 3.83. The van der Waals surface area contributed by atoms with Crippen molar-refractivity contribution >= 4 is 27.7 Å². The third-order valence-corrected chi connectivity index (χ3v) is 7.80. The van der Waals surface area contributed by atoms with Crippen LogP contribution in [0.5, 0.6) is 0 Å². The molecule has 182 valence electrons. The predicted molar refractivity (Wildman–Crippen MR) is 126 cm³/mol. The van der Waals surface area contributed by atoms with Crippen LogP contribution < -0.4 is 0 Å². The van der Waals surface area contributed by atoms with E-state index in [4.69, 9.17) is 4.74 Å². The molecule has 0 radical (unpaired) electrons. The molecule has 1 saturated heterocycles. The minimum absolute atomic E-state index is 0.00768. The number of ether oxygens (including phenoxy) is 1. The van der Waals surface area contributed by atoms with Gasteiger partial charge in [-0.3, -0.25) is 14.4 Å².